The number of likely N-dealkylation sites (tertiary alicyclic amines) is 1. The fourth-order valence-electron chi connectivity index (χ4n) is 2.47. The van der Waals surface area contributed by atoms with Gasteiger partial charge in [-0.3, -0.25) is 5.41 Å². The molecule has 1 fully saturated rings. The molecule has 21 heavy (non-hydrogen) atoms. The number of halogens is 2. The van der Waals surface area contributed by atoms with E-state index in [1.807, 2.05) is 24.3 Å². The first-order valence-corrected chi connectivity index (χ1v) is 7.06. The van der Waals surface area contributed by atoms with Crippen molar-refractivity contribution < 1.29 is 4.74 Å². The van der Waals surface area contributed by atoms with Gasteiger partial charge in [0.1, 0.15) is 11.6 Å². The minimum Gasteiger partial charge on any atom is -0.493 e. The van der Waals surface area contributed by atoms with E-state index in [0.717, 1.165) is 13.0 Å². The monoisotopic (exact) mass is 333 g/mol. The number of benzene rings is 1. The molecule has 3 N–H and O–H groups in total. The van der Waals surface area contributed by atoms with Crippen molar-refractivity contribution >= 4 is 30.6 Å². The maximum Gasteiger partial charge on any atom is 0.130 e. The van der Waals surface area contributed by atoms with E-state index in [9.17, 15) is 0 Å². The van der Waals surface area contributed by atoms with Crippen molar-refractivity contribution in [2.75, 3.05) is 26.2 Å². The van der Waals surface area contributed by atoms with Crippen LogP contribution in [0.25, 0.3) is 0 Å². The molecule has 0 amide bonds. The van der Waals surface area contributed by atoms with Gasteiger partial charge in [0.15, 0.2) is 0 Å². The van der Waals surface area contributed by atoms with Crippen molar-refractivity contribution in [3.05, 3.63) is 29.8 Å². The predicted octanol–water partition coefficient (Wildman–Crippen LogP) is 3.07. The average Bonchev–Trinajstić information content (AvgIpc) is 2.45. The Balaban J connectivity index is 0.00000200. The summed E-state index contributed by atoms with van der Waals surface area (Å²) in [4.78, 5) is 2.50. The summed E-state index contributed by atoms with van der Waals surface area (Å²) in [5.41, 5.74) is 6.21. The lowest BCUT2D eigenvalue weighted by atomic mass is 10.1. The highest BCUT2D eigenvalue weighted by Gasteiger charge is 2.10. The number of hydrogen-bond acceptors (Lipinski definition) is 3. The molecule has 1 aliphatic rings. The summed E-state index contributed by atoms with van der Waals surface area (Å²) in [6.45, 7) is 4.23. The zero-order chi connectivity index (χ0) is 13.5. The van der Waals surface area contributed by atoms with Crippen LogP contribution in [0.5, 0.6) is 5.75 Å². The van der Waals surface area contributed by atoms with Gasteiger partial charge in [-0.1, -0.05) is 18.6 Å². The quantitative estimate of drug-likeness (QED) is 0.477. The first-order chi connectivity index (χ1) is 9.27. The summed E-state index contributed by atoms with van der Waals surface area (Å²) in [6.07, 6.45) is 5.05. The lowest BCUT2D eigenvalue weighted by Crippen LogP contribution is -2.31. The number of hydrogen-bond donors (Lipinski definition) is 2. The maximum absolute atomic E-state index is 7.51. The van der Waals surface area contributed by atoms with E-state index in [-0.39, 0.29) is 30.6 Å². The van der Waals surface area contributed by atoms with Gasteiger partial charge in [0, 0.05) is 6.54 Å². The van der Waals surface area contributed by atoms with Crippen molar-refractivity contribution in [1.82, 2.24) is 4.90 Å². The average molecular weight is 334 g/mol. The fraction of sp³-hybridized carbons (Fsp3) is 0.533. The summed E-state index contributed by atoms with van der Waals surface area (Å²) in [5, 5.41) is 7.51. The molecular weight excluding hydrogens is 309 g/mol. The Morgan fingerprint density at radius 1 is 1.14 bits per heavy atom. The van der Waals surface area contributed by atoms with Gasteiger partial charge < -0.3 is 15.4 Å². The van der Waals surface area contributed by atoms with Gasteiger partial charge in [-0.25, -0.2) is 0 Å². The molecule has 1 heterocycles. The Kier molecular flexibility index (Phi) is 10.2. The van der Waals surface area contributed by atoms with Gasteiger partial charge in [0.25, 0.3) is 0 Å². The molecule has 0 atom stereocenters. The SMILES string of the molecule is Cl.Cl.N=C(N)c1ccccc1OCCCN1CCCCC1. The van der Waals surface area contributed by atoms with Crippen LogP contribution in [0.3, 0.4) is 0 Å². The molecule has 6 heteroatoms. The number of piperidine rings is 1. The van der Waals surface area contributed by atoms with Gasteiger partial charge >= 0.3 is 0 Å². The van der Waals surface area contributed by atoms with Crippen LogP contribution in [-0.2, 0) is 0 Å². The summed E-state index contributed by atoms with van der Waals surface area (Å²) in [7, 11) is 0. The van der Waals surface area contributed by atoms with Crippen LogP contribution < -0.4 is 10.5 Å². The Morgan fingerprint density at radius 3 is 2.48 bits per heavy atom. The number of ether oxygens (including phenoxy) is 1. The van der Waals surface area contributed by atoms with E-state index in [4.69, 9.17) is 15.9 Å². The molecule has 1 aromatic carbocycles. The van der Waals surface area contributed by atoms with Crippen molar-refractivity contribution in [3.63, 3.8) is 0 Å². The molecule has 2 rings (SSSR count). The molecule has 0 aliphatic carbocycles. The molecule has 4 nitrogen and oxygen atoms in total. The first kappa shape index (κ1) is 20.0. The predicted molar refractivity (Wildman–Crippen MR) is 92.4 cm³/mol. The second-order valence-corrected chi connectivity index (χ2v) is 5.01. The van der Waals surface area contributed by atoms with Crippen molar-refractivity contribution in [3.8, 4) is 5.75 Å². The number of nitrogens with two attached hydrogens (primary N) is 1. The standard InChI is InChI=1S/C15H23N3O.2ClH/c16-15(17)13-7-2-3-8-14(13)19-12-6-11-18-9-4-1-5-10-18;;/h2-3,7-8H,1,4-6,9-12H2,(H3,16,17);2*1H. The minimum atomic E-state index is 0. The van der Waals surface area contributed by atoms with E-state index in [1.165, 1.54) is 32.4 Å². The third-order valence-electron chi connectivity index (χ3n) is 3.50. The van der Waals surface area contributed by atoms with Crippen molar-refractivity contribution in [2.24, 2.45) is 5.73 Å². The fourth-order valence-corrected chi connectivity index (χ4v) is 2.47. The highest BCUT2D eigenvalue weighted by atomic mass is 35.5. The van der Waals surface area contributed by atoms with Crippen LogP contribution >= 0.6 is 24.8 Å². The van der Waals surface area contributed by atoms with E-state index in [1.54, 1.807) is 0 Å². The zero-order valence-electron chi connectivity index (χ0n) is 12.2. The largest absolute Gasteiger partial charge is 0.493 e. The first-order valence-electron chi connectivity index (χ1n) is 7.06. The topological polar surface area (TPSA) is 62.3 Å². The highest BCUT2D eigenvalue weighted by Crippen LogP contribution is 2.17. The molecule has 1 aliphatic heterocycles. The minimum absolute atomic E-state index is 0. The summed E-state index contributed by atoms with van der Waals surface area (Å²) >= 11 is 0. The Morgan fingerprint density at radius 2 is 1.81 bits per heavy atom. The molecule has 1 saturated heterocycles. The van der Waals surface area contributed by atoms with Crippen LogP contribution in [-0.4, -0.2) is 37.0 Å². The van der Waals surface area contributed by atoms with Crippen LogP contribution in [0.15, 0.2) is 24.3 Å². The smallest absolute Gasteiger partial charge is 0.130 e. The molecule has 120 valence electrons. The maximum atomic E-state index is 7.51. The van der Waals surface area contributed by atoms with Gasteiger partial charge in [-0.2, -0.15) is 0 Å². The highest BCUT2D eigenvalue weighted by molar-refractivity contribution is 5.97. The van der Waals surface area contributed by atoms with Gasteiger partial charge in [0.05, 0.1) is 12.2 Å². The Hall–Kier alpha value is -0.970. The van der Waals surface area contributed by atoms with Gasteiger partial charge in [0.2, 0.25) is 0 Å². The van der Waals surface area contributed by atoms with E-state index in [2.05, 4.69) is 4.90 Å². The summed E-state index contributed by atoms with van der Waals surface area (Å²) in [5.74, 6) is 0.778. The number of nitrogen functional groups attached to an aromatic ring is 1. The summed E-state index contributed by atoms with van der Waals surface area (Å²) < 4.78 is 5.74. The second-order valence-electron chi connectivity index (χ2n) is 5.01. The molecule has 0 unspecified atom stereocenters. The van der Waals surface area contributed by atoms with Crippen LogP contribution in [0.4, 0.5) is 0 Å². The third-order valence-corrected chi connectivity index (χ3v) is 3.50. The Bertz CT molecular complexity index is 423. The molecular formula is C15H25Cl2N3O. The van der Waals surface area contributed by atoms with Crippen molar-refractivity contribution in [1.29, 1.82) is 5.41 Å². The molecule has 0 saturated carbocycles. The molecule has 1 aromatic rings. The van der Waals surface area contributed by atoms with E-state index in [0.29, 0.717) is 17.9 Å². The van der Waals surface area contributed by atoms with Crippen LogP contribution in [0, 0.1) is 5.41 Å². The number of para-hydroxylation sites is 1. The molecule has 0 bridgehead atoms. The number of amidine groups is 1. The Labute approximate surface area is 139 Å². The van der Waals surface area contributed by atoms with Crippen LogP contribution in [0.2, 0.25) is 0 Å². The number of nitrogens with one attached hydrogen (secondary N) is 1. The molecule has 0 spiro atoms. The zero-order valence-corrected chi connectivity index (χ0v) is 13.8. The second kappa shape index (κ2) is 10.7. The van der Waals surface area contributed by atoms with Gasteiger partial charge in [-0.15, -0.1) is 24.8 Å². The van der Waals surface area contributed by atoms with E-state index < -0.39 is 0 Å². The third kappa shape index (κ3) is 6.55. The normalized spacial score (nSPS) is 14.7. The van der Waals surface area contributed by atoms with Crippen LogP contribution in [0.1, 0.15) is 31.2 Å². The summed E-state index contributed by atoms with van der Waals surface area (Å²) in [6, 6.07) is 7.48. The molecule has 0 aromatic heterocycles. The van der Waals surface area contributed by atoms with Gasteiger partial charge in [-0.05, 0) is 44.5 Å². The lowest BCUT2D eigenvalue weighted by Gasteiger charge is -2.26. The number of nitrogens with zero attached hydrogens (tertiary/aromatic N) is 1. The number of rotatable bonds is 6. The van der Waals surface area contributed by atoms with E-state index >= 15 is 0 Å². The lowest BCUT2D eigenvalue weighted by molar-refractivity contribution is 0.205. The molecule has 0 radical (unpaired) electrons. The van der Waals surface area contributed by atoms with Crippen molar-refractivity contribution in [2.45, 2.75) is 25.7 Å².